The molecule has 20 heavy (non-hydrogen) atoms. The van der Waals surface area contributed by atoms with E-state index < -0.39 is 0 Å². The van der Waals surface area contributed by atoms with E-state index in [1.165, 1.54) is 10.8 Å². The van der Waals surface area contributed by atoms with Gasteiger partial charge in [-0.05, 0) is 41.3 Å². The van der Waals surface area contributed by atoms with Gasteiger partial charge in [-0.25, -0.2) is 0 Å². The van der Waals surface area contributed by atoms with Crippen molar-refractivity contribution < 1.29 is 4.79 Å². The molecule has 0 atom stereocenters. The lowest BCUT2D eigenvalue weighted by atomic mass is 10.0. The third-order valence-electron chi connectivity index (χ3n) is 3.86. The average Bonchev–Trinajstić information content (AvgIpc) is 2.73. The normalized spacial score (nSPS) is 17.1. The highest BCUT2D eigenvalue weighted by molar-refractivity contribution is 6.02. The van der Waals surface area contributed by atoms with Gasteiger partial charge in [-0.3, -0.25) is 4.79 Å². The van der Waals surface area contributed by atoms with Crippen molar-refractivity contribution in [3.8, 4) is 0 Å². The molecule has 2 heteroatoms. The topological polar surface area (TPSA) is 29.1 Å². The number of hydrogen-bond acceptors (Lipinski definition) is 1. The molecule has 2 aromatic rings. The van der Waals surface area contributed by atoms with Gasteiger partial charge in [-0.2, -0.15) is 0 Å². The van der Waals surface area contributed by atoms with Gasteiger partial charge in [0.2, 0.25) is 0 Å². The van der Waals surface area contributed by atoms with E-state index in [2.05, 4.69) is 35.7 Å². The summed E-state index contributed by atoms with van der Waals surface area (Å²) in [6.45, 7) is 4.02. The van der Waals surface area contributed by atoms with Crippen molar-refractivity contribution in [2.75, 3.05) is 0 Å². The Morgan fingerprint density at radius 2 is 1.85 bits per heavy atom. The molecule has 1 heterocycles. The molecule has 2 nitrogen and oxygen atoms in total. The van der Waals surface area contributed by atoms with Gasteiger partial charge in [0.25, 0.3) is 5.91 Å². The highest BCUT2D eigenvalue weighted by Crippen LogP contribution is 2.27. The number of carbonyl (C=O) groups excluding carboxylic acids is 1. The Labute approximate surface area is 118 Å². The molecule has 0 saturated heterocycles. The van der Waals surface area contributed by atoms with Gasteiger partial charge in [0.15, 0.2) is 0 Å². The molecule has 0 spiro atoms. The van der Waals surface area contributed by atoms with Crippen molar-refractivity contribution in [2.45, 2.75) is 20.3 Å². The smallest absolute Gasteiger partial charge is 0.251 e. The first-order valence-electron chi connectivity index (χ1n) is 6.91. The van der Waals surface area contributed by atoms with Crippen LogP contribution in [0.2, 0.25) is 0 Å². The van der Waals surface area contributed by atoms with Crippen LogP contribution in [0.15, 0.2) is 59.3 Å². The minimum Gasteiger partial charge on any atom is -0.322 e. The fourth-order valence-corrected chi connectivity index (χ4v) is 2.73. The lowest BCUT2D eigenvalue weighted by Gasteiger charge is -2.05. The van der Waals surface area contributed by atoms with E-state index in [1.807, 2.05) is 32.0 Å². The van der Waals surface area contributed by atoms with Crippen LogP contribution in [-0.4, -0.2) is 5.91 Å². The molecule has 0 saturated carbocycles. The van der Waals surface area contributed by atoms with E-state index in [4.69, 9.17) is 0 Å². The summed E-state index contributed by atoms with van der Waals surface area (Å²) in [5, 5.41) is 5.38. The monoisotopic (exact) mass is 263 g/mol. The highest BCUT2D eigenvalue weighted by atomic mass is 16.1. The first-order chi connectivity index (χ1) is 9.70. The molecule has 0 aliphatic carbocycles. The van der Waals surface area contributed by atoms with Gasteiger partial charge in [0, 0.05) is 11.3 Å². The zero-order valence-corrected chi connectivity index (χ0v) is 11.7. The number of rotatable bonds is 2. The van der Waals surface area contributed by atoms with Crippen LogP contribution >= 0.6 is 0 Å². The van der Waals surface area contributed by atoms with E-state index in [1.54, 1.807) is 0 Å². The fraction of sp³-hybridized carbons (Fsp3) is 0.167. The second kappa shape index (κ2) is 4.97. The van der Waals surface area contributed by atoms with Crippen molar-refractivity contribution in [3.05, 3.63) is 64.9 Å². The molecular formula is C18H17NO. The molecule has 1 amide bonds. The molecule has 100 valence electrons. The lowest BCUT2D eigenvalue weighted by Crippen LogP contribution is -2.16. The molecule has 0 unspecified atom stereocenters. The van der Waals surface area contributed by atoms with Crippen LogP contribution in [0.5, 0.6) is 0 Å². The van der Waals surface area contributed by atoms with Gasteiger partial charge in [-0.15, -0.1) is 0 Å². The minimum absolute atomic E-state index is 0.0384. The molecule has 0 radical (unpaired) electrons. The van der Waals surface area contributed by atoms with Crippen LogP contribution in [0.25, 0.3) is 16.8 Å². The summed E-state index contributed by atoms with van der Waals surface area (Å²) in [7, 11) is 0. The van der Waals surface area contributed by atoms with Crippen molar-refractivity contribution in [2.24, 2.45) is 0 Å². The van der Waals surface area contributed by atoms with Crippen LogP contribution in [0.1, 0.15) is 25.8 Å². The highest BCUT2D eigenvalue weighted by Gasteiger charge is 2.22. The predicted molar refractivity (Wildman–Crippen MR) is 83.1 cm³/mol. The van der Waals surface area contributed by atoms with Gasteiger partial charge >= 0.3 is 0 Å². The van der Waals surface area contributed by atoms with Gasteiger partial charge in [0.1, 0.15) is 0 Å². The van der Waals surface area contributed by atoms with E-state index in [-0.39, 0.29) is 5.91 Å². The van der Waals surface area contributed by atoms with Gasteiger partial charge in [0.05, 0.1) is 0 Å². The van der Waals surface area contributed by atoms with Crippen molar-refractivity contribution >= 4 is 22.8 Å². The number of benzene rings is 2. The van der Waals surface area contributed by atoms with Crippen LogP contribution in [0.4, 0.5) is 0 Å². The predicted octanol–water partition coefficient (Wildman–Crippen LogP) is 4.04. The largest absolute Gasteiger partial charge is 0.322 e. The van der Waals surface area contributed by atoms with Crippen LogP contribution in [0.3, 0.4) is 0 Å². The number of fused-ring (bicyclic) bond motifs is 1. The lowest BCUT2D eigenvalue weighted by molar-refractivity contribution is -0.116. The number of allylic oxidation sites excluding steroid dienone is 1. The minimum atomic E-state index is 0.0384. The van der Waals surface area contributed by atoms with Crippen molar-refractivity contribution in [1.29, 1.82) is 0 Å². The summed E-state index contributed by atoms with van der Waals surface area (Å²) in [5.74, 6) is 0.0384. The Morgan fingerprint density at radius 3 is 2.60 bits per heavy atom. The summed E-state index contributed by atoms with van der Waals surface area (Å²) in [6.07, 6.45) is 2.84. The molecule has 0 aromatic heterocycles. The molecule has 1 aliphatic heterocycles. The molecule has 0 fully saturated rings. The first-order valence-corrected chi connectivity index (χ1v) is 6.91. The van der Waals surface area contributed by atoms with E-state index in [9.17, 15) is 4.79 Å². The zero-order chi connectivity index (χ0) is 14.1. The Balaban J connectivity index is 2.12. The Bertz CT molecular complexity index is 748. The second-order valence-electron chi connectivity index (χ2n) is 5.04. The number of amides is 1. The van der Waals surface area contributed by atoms with E-state index in [0.717, 1.165) is 28.8 Å². The fourth-order valence-electron chi connectivity index (χ4n) is 2.73. The summed E-state index contributed by atoms with van der Waals surface area (Å²) >= 11 is 0. The Kier molecular flexibility index (Phi) is 3.15. The second-order valence-corrected chi connectivity index (χ2v) is 5.04. The molecule has 3 rings (SSSR count). The zero-order valence-electron chi connectivity index (χ0n) is 11.7. The van der Waals surface area contributed by atoms with Gasteiger partial charge in [-0.1, -0.05) is 49.4 Å². The van der Waals surface area contributed by atoms with E-state index >= 15 is 0 Å². The van der Waals surface area contributed by atoms with Crippen LogP contribution in [0, 0.1) is 0 Å². The molecule has 2 aromatic carbocycles. The van der Waals surface area contributed by atoms with E-state index in [0.29, 0.717) is 0 Å². The quantitative estimate of drug-likeness (QED) is 0.870. The average molecular weight is 263 g/mol. The first kappa shape index (κ1) is 12.7. The SMILES string of the molecule is CCC1=C(C)/C(=C\c2cccc3ccccc23)NC1=O. The maximum atomic E-state index is 11.9. The van der Waals surface area contributed by atoms with Crippen LogP contribution in [-0.2, 0) is 4.79 Å². The van der Waals surface area contributed by atoms with Gasteiger partial charge < -0.3 is 5.32 Å². The third-order valence-corrected chi connectivity index (χ3v) is 3.86. The van der Waals surface area contributed by atoms with Crippen molar-refractivity contribution in [1.82, 2.24) is 5.32 Å². The molecule has 1 aliphatic rings. The molecular weight excluding hydrogens is 246 g/mol. The summed E-state index contributed by atoms with van der Waals surface area (Å²) in [6, 6.07) is 14.5. The maximum Gasteiger partial charge on any atom is 0.251 e. The Morgan fingerprint density at radius 1 is 1.10 bits per heavy atom. The van der Waals surface area contributed by atoms with Crippen LogP contribution < -0.4 is 5.32 Å². The standard InChI is InChI=1S/C18H17NO/c1-3-15-12(2)17(19-18(15)20)11-14-9-6-8-13-7-4-5-10-16(13)14/h4-11H,3H2,1-2H3,(H,19,20)/b17-11+. The molecule has 1 N–H and O–H groups in total. The maximum absolute atomic E-state index is 11.9. The summed E-state index contributed by atoms with van der Waals surface area (Å²) in [5.41, 5.74) is 4.00. The number of hydrogen-bond donors (Lipinski definition) is 1. The third kappa shape index (κ3) is 2.03. The Hall–Kier alpha value is -2.35. The number of nitrogens with one attached hydrogen (secondary N) is 1. The summed E-state index contributed by atoms with van der Waals surface area (Å²) in [4.78, 5) is 11.9. The molecule has 0 bridgehead atoms. The summed E-state index contributed by atoms with van der Waals surface area (Å²) < 4.78 is 0. The number of carbonyl (C=O) groups is 1. The van der Waals surface area contributed by atoms with Crippen molar-refractivity contribution in [3.63, 3.8) is 0 Å².